The van der Waals surface area contributed by atoms with Gasteiger partial charge < -0.3 is 10.2 Å². The Morgan fingerprint density at radius 3 is 2.20 bits per heavy atom. The summed E-state index contributed by atoms with van der Waals surface area (Å²) >= 11 is 0. The van der Waals surface area contributed by atoms with Crippen LogP contribution in [0, 0.1) is 0 Å². The van der Waals surface area contributed by atoms with Gasteiger partial charge in [0.1, 0.15) is 0 Å². The number of hydrogen-bond acceptors (Lipinski definition) is 2. The van der Waals surface area contributed by atoms with Crippen molar-refractivity contribution in [2.24, 2.45) is 0 Å². The van der Waals surface area contributed by atoms with Crippen molar-refractivity contribution in [2.75, 3.05) is 19.6 Å². The first-order valence-corrected chi connectivity index (χ1v) is 6.79. The maximum absolute atomic E-state index is 3.58. The van der Waals surface area contributed by atoms with Gasteiger partial charge >= 0.3 is 0 Å². The molecule has 0 aromatic rings. The normalized spacial score (nSPS) is 27.2. The minimum Gasteiger partial charge on any atom is -0.314 e. The Kier molecular flexibility index (Phi) is 6.26. The summed E-state index contributed by atoms with van der Waals surface area (Å²) < 4.78 is 0. The van der Waals surface area contributed by atoms with Crippen LogP contribution < -0.4 is 5.32 Å². The van der Waals surface area contributed by atoms with Gasteiger partial charge in [-0.2, -0.15) is 0 Å². The van der Waals surface area contributed by atoms with Crippen LogP contribution in [-0.2, 0) is 0 Å². The summed E-state index contributed by atoms with van der Waals surface area (Å²) in [6, 6.07) is 1.66. The SMILES string of the molecule is CCCN(CC)C1CCC(NCC)CC1. The van der Waals surface area contributed by atoms with Gasteiger partial charge in [0.25, 0.3) is 0 Å². The summed E-state index contributed by atoms with van der Waals surface area (Å²) in [7, 11) is 0. The van der Waals surface area contributed by atoms with E-state index in [9.17, 15) is 0 Å². The van der Waals surface area contributed by atoms with Crippen LogP contribution in [0.25, 0.3) is 0 Å². The Bertz CT molecular complexity index is 151. The van der Waals surface area contributed by atoms with Crippen LogP contribution in [0.4, 0.5) is 0 Å². The third kappa shape index (κ3) is 4.12. The highest BCUT2D eigenvalue weighted by Gasteiger charge is 2.23. The molecule has 0 atom stereocenters. The average Bonchev–Trinajstić information content (AvgIpc) is 2.28. The van der Waals surface area contributed by atoms with Crippen molar-refractivity contribution in [3.8, 4) is 0 Å². The first-order valence-electron chi connectivity index (χ1n) is 6.79. The minimum atomic E-state index is 0.798. The van der Waals surface area contributed by atoms with Crippen molar-refractivity contribution in [2.45, 2.75) is 65.0 Å². The van der Waals surface area contributed by atoms with E-state index in [0.29, 0.717) is 0 Å². The smallest absolute Gasteiger partial charge is 0.00962 e. The van der Waals surface area contributed by atoms with E-state index in [1.54, 1.807) is 0 Å². The largest absolute Gasteiger partial charge is 0.314 e. The molecule has 0 amide bonds. The van der Waals surface area contributed by atoms with Gasteiger partial charge in [0.05, 0.1) is 0 Å². The summed E-state index contributed by atoms with van der Waals surface area (Å²) in [5.41, 5.74) is 0. The van der Waals surface area contributed by atoms with Crippen LogP contribution in [-0.4, -0.2) is 36.6 Å². The van der Waals surface area contributed by atoms with Crippen molar-refractivity contribution in [3.05, 3.63) is 0 Å². The molecule has 1 N–H and O–H groups in total. The van der Waals surface area contributed by atoms with Crippen molar-refractivity contribution >= 4 is 0 Å². The molecule has 1 fully saturated rings. The first-order chi connectivity index (χ1) is 7.31. The fourth-order valence-corrected chi connectivity index (χ4v) is 2.82. The lowest BCUT2D eigenvalue weighted by atomic mass is 9.90. The molecule has 1 aliphatic carbocycles. The Balaban J connectivity index is 2.28. The first kappa shape index (κ1) is 13.0. The van der Waals surface area contributed by atoms with E-state index >= 15 is 0 Å². The molecule has 1 aliphatic rings. The molecule has 0 bridgehead atoms. The molecule has 1 rings (SSSR count). The van der Waals surface area contributed by atoms with Gasteiger partial charge in [-0.1, -0.05) is 20.8 Å². The van der Waals surface area contributed by atoms with Crippen molar-refractivity contribution in [1.82, 2.24) is 10.2 Å². The maximum Gasteiger partial charge on any atom is 0.00962 e. The number of nitrogens with one attached hydrogen (secondary N) is 1. The second-order valence-electron chi connectivity index (χ2n) is 4.69. The Morgan fingerprint density at radius 2 is 1.73 bits per heavy atom. The number of hydrogen-bond donors (Lipinski definition) is 1. The summed E-state index contributed by atoms with van der Waals surface area (Å²) in [4.78, 5) is 2.67. The Morgan fingerprint density at radius 1 is 1.07 bits per heavy atom. The monoisotopic (exact) mass is 212 g/mol. The topological polar surface area (TPSA) is 15.3 Å². The van der Waals surface area contributed by atoms with E-state index in [4.69, 9.17) is 0 Å². The summed E-state index contributed by atoms with van der Waals surface area (Å²) in [5.74, 6) is 0. The zero-order chi connectivity index (χ0) is 11.1. The van der Waals surface area contributed by atoms with Crippen LogP contribution in [0.1, 0.15) is 52.9 Å². The zero-order valence-corrected chi connectivity index (χ0v) is 10.8. The van der Waals surface area contributed by atoms with Gasteiger partial charge in [-0.3, -0.25) is 0 Å². The molecule has 0 aromatic heterocycles. The number of rotatable bonds is 6. The lowest BCUT2D eigenvalue weighted by Gasteiger charge is -2.36. The summed E-state index contributed by atoms with van der Waals surface area (Å²) in [5, 5.41) is 3.58. The molecule has 2 heteroatoms. The maximum atomic E-state index is 3.58. The second kappa shape index (κ2) is 7.24. The van der Waals surface area contributed by atoms with E-state index in [-0.39, 0.29) is 0 Å². The van der Waals surface area contributed by atoms with Crippen LogP contribution >= 0.6 is 0 Å². The molecule has 90 valence electrons. The lowest BCUT2D eigenvalue weighted by molar-refractivity contribution is 0.150. The van der Waals surface area contributed by atoms with E-state index in [1.807, 2.05) is 0 Å². The van der Waals surface area contributed by atoms with E-state index < -0.39 is 0 Å². The van der Waals surface area contributed by atoms with Gasteiger partial charge in [-0.15, -0.1) is 0 Å². The second-order valence-corrected chi connectivity index (χ2v) is 4.69. The molecular formula is C13H28N2. The third-order valence-corrected chi connectivity index (χ3v) is 3.62. The summed E-state index contributed by atoms with van der Waals surface area (Å²) in [6.45, 7) is 10.4. The highest BCUT2D eigenvalue weighted by Crippen LogP contribution is 2.23. The lowest BCUT2D eigenvalue weighted by Crippen LogP contribution is -2.42. The fraction of sp³-hybridized carbons (Fsp3) is 1.00. The summed E-state index contributed by atoms with van der Waals surface area (Å²) in [6.07, 6.45) is 6.83. The van der Waals surface area contributed by atoms with Crippen LogP contribution in [0.3, 0.4) is 0 Å². The van der Waals surface area contributed by atoms with Gasteiger partial charge in [0.2, 0.25) is 0 Å². The van der Waals surface area contributed by atoms with Crippen molar-refractivity contribution in [1.29, 1.82) is 0 Å². The van der Waals surface area contributed by atoms with Gasteiger partial charge in [0, 0.05) is 12.1 Å². The predicted octanol–water partition coefficient (Wildman–Crippen LogP) is 2.64. The average molecular weight is 212 g/mol. The Labute approximate surface area is 95.4 Å². The molecule has 0 unspecified atom stereocenters. The Hall–Kier alpha value is -0.0800. The van der Waals surface area contributed by atoms with Gasteiger partial charge in [0.15, 0.2) is 0 Å². The van der Waals surface area contributed by atoms with Gasteiger partial charge in [-0.05, 0) is 51.7 Å². The molecule has 0 radical (unpaired) electrons. The van der Waals surface area contributed by atoms with E-state index in [1.165, 1.54) is 45.2 Å². The van der Waals surface area contributed by atoms with Crippen molar-refractivity contribution in [3.63, 3.8) is 0 Å². The van der Waals surface area contributed by atoms with E-state index in [0.717, 1.165) is 18.6 Å². The van der Waals surface area contributed by atoms with Gasteiger partial charge in [-0.25, -0.2) is 0 Å². The predicted molar refractivity (Wildman–Crippen MR) is 67.3 cm³/mol. The van der Waals surface area contributed by atoms with E-state index in [2.05, 4.69) is 31.0 Å². The molecule has 0 saturated heterocycles. The zero-order valence-electron chi connectivity index (χ0n) is 10.8. The highest BCUT2D eigenvalue weighted by molar-refractivity contribution is 4.82. The minimum absolute atomic E-state index is 0.798. The van der Waals surface area contributed by atoms with Crippen LogP contribution in [0.5, 0.6) is 0 Å². The fourth-order valence-electron chi connectivity index (χ4n) is 2.82. The molecular weight excluding hydrogens is 184 g/mol. The highest BCUT2D eigenvalue weighted by atomic mass is 15.1. The van der Waals surface area contributed by atoms with Crippen LogP contribution in [0.15, 0.2) is 0 Å². The number of nitrogens with zero attached hydrogens (tertiary/aromatic N) is 1. The molecule has 1 saturated carbocycles. The molecule has 0 heterocycles. The standard InChI is InChI=1S/C13H28N2/c1-4-11-15(6-3)13-9-7-12(8-10-13)14-5-2/h12-14H,4-11H2,1-3H3. The molecule has 0 aromatic carbocycles. The van der Waals surface area contributed by atoms with Crippen molar-refractivity contribution < 1.29 is 0 Å². The quantitative estimate of drug-likeness (QED) is 0.728. The molecule has 2 nitrogen and oxygen atoms in total. The third-order valence-electron chi connectivity index (χ3n) is 3.62. The molecule has 15 heavy (non-hydrogen) atoms. The molecule has 0 aliphatic heterocycles. The molecule has 0 spiro atoms. The van der Waals surface area contributed by atoms with Crippen LogP contribution in [0.2, 0.25) is 0 Å².